The number of imidazole rings is 1. The van der Waals surface area contributed by atoms with Gasteiger partial charge in [0.1, 0.15) is 6.33 Å². The van der Waals surface area contributed by atoms with E-state index < -0.39 is 0 Å². The Morgan fingerprint density at radius 2 is 2.09 bits per heavy atom. The van der Waals surface area contributed by atoms with Crippen LogP contribution < -0.4 is 5.69 Å². The van der Waals surface area contributed by atoms with E-state index in [9.17, 15) is 4.79 Å². The van der Waals surface area contributed by atoms with E-state index in [4.69, 9.17) is 0 Å². The molecule has 0 aliphatic carbocycles. The van der Waals surface area contributed by atoms with Crippen molar-refractivity contribution in [3.05, 3.63) is 71.2 Å². The van der Waals surface area contributed by atoms with E-state index in [1.165, 1.54) is 6.33 Å². The summed E-state index contributed by atoms with van der Waals surface area (Å²) >= 11 is 0. The molecule has 0 unspecified atom stereocenters. The van der Waals surface area contributed by atoms with Crippen LogP contribution in [0.4, 0.5) is 0 Å². The maximum atomic E-state index is 12.2. The van der Waals surface area contributed by atoms with Crippen molar-refractivity contribution in [1.82, 2.24) is 24.1 Å². The lowest BCUT2D eigenvalue weighted by Crippen LogP contribution is -2.15. The fourth-order valence-corrected chi connectivity index (χ4v) is 2.57. The van der Waals surface area contributed by atoms with Crippen LogP contribution in [0.15, 0.2) is 59.9 Å². The van der Waals surface area contributed by atoms with Gasteiger partial charge in [-0.1, -0.05) is 12.1 Å². The van der Waals surface area contributed by atoms with Crippen molar-refractivity contribution < 1.29 is 0 Å². The number of fused-ring (bicyclic) bond motifs is 1. The van der Waals surface area contributed by atoms with E-state index in [1.54, 1.807) is 15.3 Å². The van der Waals surface area contributed by atoms with Crippen LogP contribution >= 0.6 is 0 Å². The third-order valence-electron chi connectivity index (χ3n) is 3.61. The van der Waals surface area contributed by atoms with Crippen LogP contribution in [0, 0.1) is 6.92 Å². The van der Waals surface area contributed by atoms with Gasteiger partial charge in [-0.2, -0.15) is 5.10 Å². The number of nitrogens with one attached hydrogen (secondary N) is 1. The predicted molar refractivity (Wildman–Crippen MR) is 83.1 cm³/mol. The van der Waals surface area contributed by atoms with Gasteiger partial charge in [-0.3, -0.25) is 4.57 Å². The summed E-state index contributed by atoms with van der Waals surface area (Å²) < 4.78 is 3.35. The maximum Gasteiger partial charge on any atom is 0.330 e. The fourth-order valence-electron chi connectivity index (χ4n) is 2.57. The Hall–Kier alpha value is -3.15. The van der Waals surface area contributed by atoms with Gasteiger partial charge in [0.25, 0.3) is 0 Å². The van der Waals surface area contributed by atoms with Gasteiger partial charge in [0, 0.05) is 18.0 Å². The number of rotatable bonds is 2. The van der Waals surface area contributed by atoms with E-state index in [0.717, 1.165) is 28.2 Å². The highest BCUT2D eigenvalue weighted by molar-refractivity contribution is 5.63. The molecule has 6 heteroatoms. The Balaban J connectivity index is 1.94. The Morgan fingerprint density at radius 3 is 2.95 bits per heavy atom. The van der Waals surface area contributed by atoms with Crippen molar-refractivity contribution in [2.45, 2.75) is 6.92 Å². The van der Waals surface area contributed by atoms with E-state index in [0.29, 0.717) is 0 Å². The van der Waals surface area contributed by atoms with Gasteiger partial charge in [-0.15, -0.1) is 0 Å². The van der Waals surface area contributed by atoms with Gasteiger partial charge >= 0.3 is 5.69 Å². The van der Waals surface area contributed by atoms with Crippen molar-refractivity contribution in [2.24, 2.45) is 0 Å². The first-order valence-electron chi connectivity index (χ1n) is 6.89. The molecule has 0 bridgehead atoms. The zero-order chi connectivity index (χ0) is 15.1. The Labute approximate surface area is 125 Å². The Kier molecular flexibility index (Phi) is 2.69. The summed E-state index contributed by atoms with van der Waals surface area (Å²) in [6, 6.07) is 11.6. The Bertz CT molecular complexity index is 1020. The first-order valence-corrected chi connectivity index (χ1v) is 6.89. The van der Waals surface area contributed by atoms with Crippen molar-refractivity contribution in [1.29, 1.82) is 0 Å². The van der Waals surface area contributed by atoms with Gasteiger partial charge in [0.05, 0.1) is 11.4 Å². The number of aromatic nitrogens is 5. The molecule has 0 radical (unpaired) electrons. The molecule has 0 spiro atoms. The van der Waals surface area contributed by atoms with Crippen LogP contribution in [0.5, 0.6) is 0 Å². The lowest BCUT2D eigenvalue weighted by Gasteiger charge is -2.08. The van der Waals surface area contributed by atoms with Crippen LogP contribution in [0.2, 0.25) is 0 Å². The molecule has 0 aliphatic rings. The zero-order valence-corrected chi connectivity index (χ0v) is 11.9. The molecule has 1 N–H and O–H groups in total. The molecule has 0 amide bonds. The molecular weight excluding hydrogens is 278 g/mol. The molecule has 4 aromatic rings. The smallest absolute Gasteiger partial charge is 0.312 e. The fraction of sp³-hybridized carbons (Fsp3) is 0.0625. The van der Waals surface area contributed by atoms with Crippen LogP contribution in [0.3, 0.4) is 0 Å². The van der Waals surface area contributed by atoms with Crippen LogP contribution in [-0.2, 0) is 0 Å². The predicted octanol–water partition coefficient (Wildman–Crippen LogP) is 2.18. The first-order chi connectivity index (χ1) is 10.7. The second-order valence-corrected chi connectivity index (χ2v) is 5.13. The van der Waals surface area contributed by atoms with Crippen LogP contribution in [0.1, 0.15) is 5.56 Å². The molecular formula is C16H13N5O. The van der Waals surface area contributed by atoms with Crippen molar-refractivity contribution in [3.8, 4) is 16.9 Å². The average Bonchev–Trinajstić information content (AvgIpc) is 3.12. The SMILES string of the molecule is Cc1cccc(-n2c(-c3ccc4ncnn4c3)c[nH]c2=O)c1. The highest BCUT2D eigenvalue weighted by Gasteiger charge is 2.11. The number of hydrogen-bond acceptors (Lipinski definition) is 3. The summed E-state index contributed by atoms with van der Waals surface area (Å²) in [7, 11) is 0. The van der Waals surface area contributed by atoms with Gasteiger partial charge in [-0.05, 0) is 36.8 Å². The molecule has 3 heterocycles. The zero-order valence-electron chi connectivity index (χ0n) is 11.9. The van der Waals surface area contributed by atoms with E-state index in [1.807, 2.05) is 49.5 Å². The van der Waals surface area contributed by atoms with E-state index in [2.05, 4.69) is 15.1 Å². The second kappa shape index (κ2) is 4.70. The summed E-state index contributed by atoms with van der Waals surface area (Å²) in [5, 5.41) is 4.14. The van der Waals surface area contributed by atoms with E-state index in [-0.39, 0.29) is 5.69 Å². The molecule has 108 valence electrons. The van der Waals surface area contributed by atoms with Crippen molar-refractivity contribution in [2.75, 3.05) is 0 Å². The summed E-state index contributed by atoms with van der Waals surface area (Å²) in [5.74, 6) is 0. The molecule has 22 heavy (non-hydrogen) atoms. The summed E-state index contributed by atoms with van der Waals surface area (Å²) in [4.78, 5) is 19.1. The summed E-state index contributed by atoms with van der Waals surface area (Å²) in [6.07, 6.45) is 5.07. The monoisotopic (exact) mass is 291 g/mol. The first kappa shape index (κ1) is 12.6. The number of hydrogen-bond donors (Lipinski definition) is 1. The topological polar surface area (TPSA) is 68.0 Å². The molecule has 0 saturated carbocycles. The third-order valence-corrected chi connectivity index (χ3v) is 3.61. The van der Waals surface area contributed by atoms with Crippen molar-refractivity contribution in [3.63, 3.8) is 0 Å². The van der Waals surface area contributed by atoms with Gasteiger partial charge in [0.2, 0.25) is 0 Å². The number of aryl methyl sites for hydroxylation is 1. The molecule has 4 rings (SSSR count). The second-order valence-electron chi connectivity index (χ2n) is 5.13. The van der Waals surface area contributed by atoms with Gasteiger partial charge in [-0.25, -0.2) is 14.3 Å². The number of benzene rings is 1. The molecule has 0 aliphatic heterocycles. The number of nitrogens with zero attached hydrogens (tertiary/aromatic N) is 4. The van der Waals surface area contributed by atoms with Crippen LogP contribution in [0.25, 0.3) is 22.6 Å². The molecule has 1 aromatic carbocycles. The highest BCUT2D eigenvalue weighted by atomic mass is 16.1. The Morgan fingerprint density at radius 1 is 1.18 bits per heavy atom. The summed E-state index contributed by atoms with van der Waals surface area (Å²) in [6.45, 7) is 2.00. The normalized spacial score (nSPS) is 11.1. The van der Waals surface area contributed by atoms with Crippen molar-refractivity contribution >= 4 is 5.65 Å². The standard InChI is InChI=1S/C16H13N5O/c1-11-3-2-4-13(7-11)21-14(8-17-16(21)22)12-5-6-15-18-10-19-20(15)9-12/h2-10H,1H3,(H,17,22). The third kappa shape index (κ3) is 1.93. The lowest BCUT2D eigenvalue weighted by atomic mass is 10.2. The number of aromatic amines is 1. The quantitative estimate of drug-likeness (QED) is 0.615. The average molecular weight is 291 g/mol. The summed E-state index contributed by atoms with van der Waals surface area (Å²) in [5.41, 5.74) is 4.21. The maximum absolute atomic E-state index is 12.2. The minimum Gasteiger partial charge on any atom is -0.312 e. The highest BCUT2D eigenvalue weighted by Crippen LogP contribution is 2.21. The molecule has 0 atom stereocenters. The largest absolute Gasteiger partial charge is 0.330 e. The minimum atomic E-state index is -0.167. The number of pyridine rings is 1. The number of H-pyrrole nitrogens is 1. The molecule has 0 fully saturated rings. The van der Waals surface area contributed by atoms with Crippen LogP contribution in [-0.4, -0.2) is 24.1 Å². The molecule has 6 nitrogen and oxygen atoms in total. The molecule has 3 aromatic heterocycles. The van der Waals surface area contributed by atoms with Gasteiger partial charge < -0.3 is 4.98 Å². The van der Waals surface area contributed by atoms with E-state index >= 15 is 0 Å². The minimum absolute atomic E-state index is 0.167. The van der Waals surface area contributed by atoms with Gasteiger partial charge in [0.15, 0.2) is 5.65 Å². The lowest BCUT2D eigenvalue weighted by molar-refractivity contribution is 0.953. The molecule has 0 saturated heterocycles.